The second-order valence-corrected chi connectivity index (χ2v) is 3.83. The van der Waals surface area contributed by atoms with Crippen molar-refractivity contribution in [1.82, 2.24) is 10.2 Å². The summed E-state index contributed by atoms with van der Waals surface area (Å²) in [7, 11) is 0. The van der Waals surface area contributed by atoms with Gasteiger partial charge >= 0.3 is 0 Å². The first kappa shape index (κ1) is 8.48. The van der Waals surface area contributed by atoms with Gasteiger partial charge in [0.2, 0.25) is 0 Å². The van der Waals surface area contributed by atoms with Crippen LogP contribution in [0.1, 0.15) is 13.3 Å². The summed E-state index contributed by atoms with van der Waals surface area (Å²) in [5.74, 6) is 0. The first-order valence-corrected chi connectivity index (χ1v) is 4.92. The van der Waals surface area contributed by atoms with Crippen molar-refractivity contribution < 1.29 is 4.74 Å². The summed E-state index contributed by atoms with van der Waals surface area (Å²) in [6, 6.07) is 0. The van der Waals surface area contributed by atoms with Crippen molar-refractivity contribution in [3.05, 3.63) is 0 Å². The third-order valence-electron chi connectivity index (χ3n) is 2.98. The molecule has 2 fully saturated rings. The Labute approximate surface area is 74.1 Å². The molecule has 0 bridgehead atoms. The average Bonchev–Trinajstić information content (AvgIpc) is 2.50. The zero-order valence-electron chi connectivity index (χ0n) is 7.81. The summed E-state index contributed by atoms with van der Waals surface area (Å²) in [5.41, 5.74) is 0.161. The molecule has 3 heteroatoms. The van der Waals surface area contributed by atoms with E-state index in [1.165, 1.54) is 13.0 Å². The van der Waals surface area contributed by atoms with Crippen molar-refractivity contribution in [3.63, 3.8) is 0 Å². The summed E-state index contributed by atoms with van der Waals surface area (Å²) in [6.45, 7) is 8.66. The number of hydrogen-bond acceptors (Lipinski definition) is 3. The number of rotatable bonds is 1. The predicted molar refractivity (Wildman–Crippen MR) is 48.3 cm³/mol. The Morgan fingerprint density at radius 2 is 2.50 bits per heavy atom. The minimum atomic E-state index is 0.161. The molecule has 0 aromatic heterocycles. The highest BCUT2D eigenvalue weighted by Crippen LogP contribution is 2.25. The number of likely N-dealkylation sites (tertiary alicyclic amines) is 1. The van der Waals surface area contributed by atoms with E-state index < -0.39 is 0 Å². The number of likely N-dealkylation sites (N-methyl/N-ethyl adjacent to an activating group) is 1. The molecule has 2 saturated heterocycles. The molecule has 2 rings (SSSR count). The molecule has 0 aliphatic carbocycles. The van der Waals surface area contributed by atoms with Crippen molar-refractivity contribution in [1.29, 1.82) is 0 Å². The lowest BCUT2D eigenvalue weighted by Crippen LogP contribution is -2.51. The van der Waals surface area contributed by atoms with Crippen molar-refractivity contribution in [2.24, 2.45) is 0 Å². The van der Waals surface area contributed by atoms with Crippen LogP contribution in [-0.4, -0.2) is 49.8 Å². The van der Waals surface area contributed by atoms with Gasteiger partial charge in [-0.3, -0.25) is 0 Å². The zero-order chi connectivity index (χ0) is 8.44. The van der Waals surface area contributed by atoms with E-state index in [4.69, 9.17) is 4.74 Å². The smallest absolute Gasteiger partial charge is 0.0945 e. The van der Waals surface area contributed by atoms with Gasteiger partial charge in [0.25, 0.3) is 0 Å². The fourth-order valence-corrected chi connectivity index (χ4v) is 2.17. The Morgan fingerprint density at radius 3 is 3.08 bits per heavy atom. The van der Waals surface area contributed by atoms with Gasteiger partial charge in [-0.1, -0.05) is 6.92 Å². The van der Waals surface area contributed by atoms with E-state index in [1.54, 1.807) is 0 Å². The lowest BCUT2D eigenvalue weighted by atomic mass is 10.0. The van der Waals surface area contributed by atoms with Crippen molar-refractivity contribution >= 4 is 0 Å². The predicted octanol–water partition coefficient (Wildman–Crippen LogP) is 0.0706. The fraction of sp³-hybridized carbons (Fsp3) is 1.00. The fourth-order valence-electron chi connectivity index (χ4n) is 2.17. The number of nitrogens with zero attached hydrogens (tertiary/aromatic N) is 1. The minimum Gasteiger partial charge on any atom is -0.371 e. The standard InChI is InChI=1S/C9H18N2O/c1-2-11-5-3-9(8-11)7-10-4-6-12-9/h10H,2-8H2,1H3/t9-/m1/s1. The molecule has 0 radical (unpaired) electrons. The third kappa shape index (κ3) is 1.49. The highest BCUT2D eigenvalue weighted by Gasteiger charge is 2.39. The van der Waals surface area contributed by atoms with Gasteiger partial charge in [0, 0.05) is 26.2 Å². The van der Waals surface area contributed by atoms with Crippen molar-refractivity contribution in [3.8, 4) is 0 Å². The zero-order valence-corrected chi connectivity index (χ0v) is 7.81. The van der Waals surface area contributed by atoms with Crippen LogP contribution in [0.5, 0.6) is 0 Å². The first-order valence-electron chi connectivity index (χ1n) is 4.92. The highest BCUT2D eigenvalue weighted by molar-refractivity contribution is 4.95. The molecular formula is C9H18N2O. The maximum atomic E-state index is 5.85. The van der Waals surface area contributed by atoms with Crippen LogP contribution in [0.15, 0.2) is 0 Å². The Kier molecular flexibility index (Phi) is 2.35. The number of morpholine rings is 1. The molecule has 12 heavy (non-hydrogen) atoms. The average molecular weight is 170 g/mol. The van der Waals surface area contributed by atoms with Crippen LogP contribution < -0.4 is 5.32 Å². The van der Waals surface area contributed by atoms with Gasteiger partial charge in [-0.2, -0.15) is 0 Å². The van der Waals surface area contributed by atoms with Crippen molar-refractivity contribution in [2.45, 2.75) is 18.9 Å². The Morgan fingerprint density at radius 1 is 1.58 bits per heavy atom. The molecule has 70 valence electrons. The molecule has 0 aromatic carbocycles. The molecule has 0 unspecified atom stereocenters. The maximum Gasteiger partial charge on any atom is 0.0945 e. The van der Waals surface area contributed by atoms with Crippen LogP contribution in [0, 0.1) is 0 Å². The van der Waals surface area contributed by atoms with E-state index in [-0.39, 0.29) is 5.60 Å². The van der Waals surface area contributed by atoms with Gasteiger partial charge in [-0.05, 0) is 13.0 Å². The highest BCUT2D eigenvalue weighted by atomic mass is 16.5. The molecule has 0 saturated carbocycles. The van der Waals surface area contributed by atoms with Crippen LogP contribution in [0.2, 0.25) is 0 Å². The summed E-state index contributed by atoms with van der Waals surface area (Å²) in [5, 5.41) is 3.41. The van der Waals surface area contributed by atoms with Crippen molar-refractivity contribution in [2.75, 3.05) is 39.3 Å². The third-order valence-corrected chi connectivity index (χ3v) is 2.98. The van der Waals surface area contributed by atoms with Gasteiger partial charge in [-0.25, -0.2) is 0 Å². The van der Waals surface area contributed by atoms with E-state index in [0.29, 0.717) is 0 Å². The number of nitrogens with one attached hydrogen (secondary N) is 1. The summed E-state index contributed by atoms with van der Waals surface area (Å²) in [4.78, 5) is 2.47. The quantitative estimate of drug-likeness (QED) is 0.603. The van der Waals surface area contributed by atoms with E-state index >= 15 is 0 Å². The monoisotopic (exact) mass is 170 g/mol. The molecule has 1 N–H and O–H groups in total. The topological polar surface area (TPSA) is 24.5 Å². The molecule has 0 amide bonds. The maximum absolute atomic E-state index is 5.85. The largest absolute Gasteiger partial charge is 0.371 e. The molecule has 1 atom stereocenters. The Bertz CT molecular complexity index is 155. The summed E-state index contributed by atoms with van der Waals surface area (Å²) >= 11 is 0. The Balaban J connectivity index is 1.94. The second-order valence-electron chi connectivity index (χ2n) is 3.83. The minimum absolute atomic E-state index is 0.161. The van der Waals surface area contributed by atoms with Crippen LogP contribution in [-0.2, 0) is 4.74 Å². The lowest BCUT2D eigenvalue weighted by molar-refractivity contribution is -0.0569. The van der Waals surface area contributed by atoms with E-state index in [9.17, 15) is 0 Å². The van der Waals surface area contributed by atoms with Gasteiger partial charge in [0.05, 0.1) is 12.2 Å². The van der Waals surface area contributed by atoms with Gasteiger partial charge < -0.3 is 15.0 Å². The molecule has 0 aromatic rings. The van der Waals surface area contributed by atoms with Crippen LogP contribution in [0.25, 0.3) is 0 Å². The van der Waals surface area contributed by atoms with E-state index in [1.807, 2.05) is 0 Å². The van der Waals surface area contributed by atoms with Gasteiger partial charge in [-0.15, -0.1) is 0 Å². The van der Waals surface area contributed by atoms with E-state index in [0.717, 1.165) is 32.8 Å². The molecule has 2 heterocycles. The summed E-state index contributed by atoms with van der Waals surface area (Å²) in [6.07, 6.45) is 1.20. The molecule has 3 nitrogen and oxygen atoms in total. The molecule has 2 aliphatic heterocycles. The number of ether oxygens (including phenoxy) is 1. The van der Waals surface area contributed by atoms with Gasteiger partial charge in [0.15, 0.2) is 0 Å². The van der Waals surface area contributed by atoms with Crippen LogP contribution in [0.3, 0.4) is 0 Å². The normalized spacial score (nSPS) is 37.8. The number of hydrogen-bond donors (Lipinski definition) is 1. The molecule has 2 aliphatic rings. The molecule has 1 spiro atoms. The van der Waals surface area contributed by atoms with E-state index in [2.05, 4.69) is 17.1 Å². The SMILES string of the molecule is CCN1CC[C@@]2(CNCCO2)C1. The summed E-state index contributed by atoms with van der Waals surface area (Å²) < 4.78 is 5.85. The van der Waals surface area contributed by atoms with Crippen LogP contribution >= 0.6 is 0 Å². The second kappa shape index (κ2) is 3.32. The Hall–Kier alpha value is -0.120. The van der Waals surface area contributed by atoms with Gasteiger partial charge in [0.1, 0.15) is 0 Å². The lowest BCUT2D eigenvalue weighted by Gasteiger charge is -2.34. The molecular weight excluding hydrogens is 152 g/mol. The first-order chi connectivity index (χ1) is 5.85. The van der Waals surface area contributed by atoms with Crippen LogP contribution in [0.4, 0.5) is 0 Å².